The lowest BCUT2D eigenvalue weighted by Gasteiger charge is -2.25. The van der Waals surface area contributed by atoms with Gasteiger partial charge >= 0.3 is 0 Å². The number of anilines is 1. The lowest BCUT2D eigenvalue weighted by atomic mass is 10.0. The van der Waals surface area contributed by atoms with Crippen molar-refractivity contribution in [3.05, 3.63) is 83.3 Å². The number of halogens is 4. The number of sulfonamides is 1. The van der Waals surface area contributed by atoms with Gasteiger partial charge in [0.1, 0.15) is 46.2 Å². The molecule has 0 amide bonds. The molecule has 0 radical (unpaired) electrons. The number of hydrogen-bond donors (Lipinski definition) is 0. The molecule has 10 nitrogen and oxygen atoms in total. The van der Waals surface area contributed by atoms with Crippen LogP contribution in [0, 0.1) is 5.82 Å². The molecule has 1 aliphatic rings. The van der Waals surface area contributed by atoms with Gasteiger partial charge in [0.05, 0.1) is 25.8 Å². The van der Waals surface area contributed by atoms with Gasteiger partial charge in [0, 0.05) is 67.7 Å². The predicted octanol–water partition coefficient (Wildman–Crippen LogP) is 5.38. The Hall–Kier alpha value is -4.04. The Morgan fingerprint density at radius 2 is 1.86 bits per heavy atom. The fourth-order valence-electron chi connectivity index (χ4n) is 5.08. The lowest BCUT2D eigenvalue weighted by molar-refractivity contribution is -0.00138. The summed E-state index contributed by atoms with van der Waals surface area (Å²) in [5.74, 6) is -4.48. The van der Waals surface area contributed by atoms with Crippen LogP contribution in [0.2, 0.25) is 5.02 Å². The Labute approximate surface area is 251 Å². The fourth-order valence-corrected chi connectivity index (χ4v) is 6.82. The van der Waals surface area contributed by atoms with Gasteiger partial charge in [0.2, 0.25) is 0 Å². The fraction of sp³-hybridized carbons (Fsp3) is 0.321. The summed E-state index contributed by atoms with van der Waals surface area (Å²) in [6.45, 7) is -0.300. The third-order valence-corrected chi connectivity index (χ3v) is 9.23. The van der Waals surface area contributed by atoms with Crippen molar-refractivity contribution >= 4 is 27.4 Å². The van der Waals surface area contributed by atoms with Crippen molar-refractivity contribution in [2.75, 3.05) is 18.5 Å². The summed E-state index contributed by atoms with van der Waals surface area (Å²) in [5.41, 5.74) is 0.952. The maximum atomic E-state index is 15.7. The van der Waals surface area contributed by atoms with Gasteiger partial charge in [-0.1, -0.05) is 11.6 Å². The zero-order valence-electron chi connectivity index (χ0n) is 23.2. The molecule has 228 valence electrons. The summed E-state index contributed by atoms with van der Waals surface area (Å²) in [5, 5.41) is 3.77. The largest absolute Gasteiger partial charge is 0.497 e. The maximum absolute atomic E-state index is 15.7. The van der Waals surface area contributed by atoms with E-state index in [0.717, 1.165) is 22.8 Å². The number of benzene rings is 2. The van der Waals surface area contributed by atoms with Crippen molar-refractivity contribution in [3.63, 3.8) is 0 Å². The predicted molar refractivity (Wildman–Crippen MR) is 151 cm³/mol. The van der Waals surface area contributed by atoms with Crippen LogP contribution in [0.4, 0.5) is 19.0 Å². The van der Waals surface area contributed by atoms with E-state index in [2.05, 4.69) is 15.1 Å². The van der Waals surface area contributed by atoms with Crippen LogP contribution >= 0.6 is 11.6 Å². The van der Waals surface area contributed by atoms with E-state index in [1.807, 2.05) is 0 Å². The number of alkyl halides is 2. The van der Waals surface area contributed by atoms with Crippen LogP contribution in [0.3, 0.4) is 0 Å². The van der Waals surface area contributed by atoms with Gasteiger partial charge < -0.3 is 14.2 Å². The molecule has 0 N–H and O–H groups in total. The maximum Gasteiger partial charge on any atom is 0.268 e. The molecule has 1 saturated carbocycles. The Morgan fingerprint density at radius 3 is 2.51 bits per heavy atom. The second-order valence-electron chi connectivity index (χ2n) is 9.88. The number of methoxy groups -OCH3 is 2. The van der Waals surface area contributed by atoms with Gasteiger partial charge in [-0.3, -0.25) is 4.68 Å². The van der Waals surface area contributed by atoms with E-state index in [1.165, 1.54) is 37.4 Å². The van der Waals surface area contributed by atoms with Crippen molar-refractivity contribution in [1.29, 1.82) is 0 Å². The summed E-state index contributed by atoms with van der Waals surface area (Å²) in [6, 6.07) is 9.46. The van der Waals surface area contributed by atoms with Crippen LogP contribution < -0.4 is 18.5 Å². The van der Waals surface area contributed by atoms with Crippen LogP contribution in [0.5, 0.6) is 17.2 Å². The third kappa shape index (κ3) is 6.20. The molecule has 15 heteroatoms. The topological polar surface area (TPSA) is 109 Å². The molecule has 2 heterocycles. The summed E-state index contributed by atoms with van der Waals surface area (Å²) in [4.78, 5) is 7.13. The molecule has 2 aromatic heterocycles. The molecular weight excluding hydrogens is 611 g/mol. The minimum Gasteiger partial charge on any atom is -0.497 e. The summed E-state index contributed by atoms with van der Waals surface area (Å²) in [7, 11) is -0.135. The third-order valence-electron chi connectivity index (χ3n) is 7.17. The molecule has 1 aliphatic carbocycles. The van der Waals surface area contributed by atoms with Gasteiger partial charge in [0.25, 0.3) is 15.9 Å². The summed E-state index contributed by atoms with van der Waals surface area (Å²) < 4.78 is 91.4. The molecule has 4 aromatic rings. The quantitative estimate of drug-likeness (QED) is 0.228. The number of rotatable bonds is 10. The molecule has 2 aromatic carbocycles. The number of hydrogen-bond acceptors (Lipinski definition) is 8. The van der Waals surface area contributed by atoms with Crippen LogP contribution in [-0.4, -0.2) is 54.4 Å². The van der Waals surface area contributed by atoms with Crippen molar-refractivity contribution in [1.82, 2.24) is 19.7 Å². The van der Waals surface area contributed by atoms with Gasteiger partial charge in [0.15, 0.2) is 0 Å². The van der Waals surface area contributed by atoms with Crippen LogP contribution in [0.1, 0.15) is 30.0 Å². The number of aromatic nitrogens is 4. The normalized spacial score (nSPS) is 17.9. The number of ether oxygens (including phenoxy) is 3. The lowest BCUT2D eigenvalue weighted by Crippen LogP contribution is -2.32. The zero-order valence-corrected chi connectivity index (χ0v) is 24.8. The second kappa shape index (κ2) is 11.9. The minimum absolute atomic E-state index is 0.0454. The smallest absolute Gasteiger partial charge is 0.268 e. The molecular formula is C28H27ClF3N5O5S. The van der Waals surface area contributed by atoms with Gasteiger partial charge in [-0.15, -0.1) is 0 Å². The van der Waals surface area contributed by atoms with Crippen molar-refractivity contribution in [2.24, 2.45) is 7.05 Å². The average molecular weight is 638 g/mol. The molecule has 2 atom stereocenters. The van der Waals surface area contributed by atoms with Crippen molar-refractivity contribution in [2.45, 2.75) is 42.2 Å². The van der Waals surface area contributed by atoms with Crippen LogP contribution in [-0.2, 0) is 23.6 Å². The highest BCUT2D eigenvalue weighted by Gasteiger charge is 2.49. The average Bonchev–Trinajstić information content (AvgIpc) is 3.54. The van der Waals surface area contributed by atoms with E-state index in [0.29, 0.717) is 22.8 Å². The van der Waals surface area contributed by atoms with Crippen LogP contribution in [0.25, 0.3) is 0 Å². The highest BCUT2D eigenvalue weighted by molar-refractivity contribution is 7.92. The van der Waals surface area contributed by atoms with Crippen LogP contribution in [0.15, 0.2) is 66.1 Å². The van der Waals surface area contributed by atoms with Crippen molar-refractivity contribution in [3.8, 4) is 17.2 Å². The molecule has 1 fully saturated rings. The van der Waals surface area contributed by atoms with E-state index in [1.54, 1.807) is 31.3 Å². The number of aryl methyl sites for hydroxylation is 1. The number of nitrogens with zero attached hydrogens (tertiary/aromatic N) is 5. The first-order valence-electron chi connectivity index (χ1n) is 12.9. The van der Waals surface area contributed by atoms with Gasteiger partial charge in [-0.2, -0.15) is 5.10 Å². The first-order valence-corrected chi connectivity index (χ1v) is 14.8. The SMILES string of the molecule is COc1ccc(CN(c2ccncn2)S(=O)(=O)c2cc(Cl)c(O[C@H]3CC(F)(F)C[C@@H]3c3ccnn3C)cc2F)c(OC)c1. The molecule has 0 unspecified atom stereocenters. The van der Waals surface area contributed by atoms with E-state index in [9.17, 15) is 17.2 Å². The highest BCUT2D eigenvalue weighted by atomic mass is 35.5. The highest BCUT2D eigenvalue weighted by Crippen LogP contribution is 2.47. The Kier molecular flexibility index (Phi) is 8.43. The second-order valence-corrected chi connectivity index (χ2v) is 12.1. The summed E-state index contributed by atoms with van der Waals surface area (Å²) in [6.07, 6.45) is 1.79. The van der Waals surface area contributed by atoms with Gasteiger partial charge in [-0.05, 0) is 24.3 Å². The van der Waals surface area contributed by atoms with Gasteiger partial charge in [-0.25, -0.2) is 35.9 Å². The first-order chi connectivity index (χ1) is 20.4. The minimum atomic E-state index is -4.65. The molecule has 43 heavy (non-hydrogen) atoms. The molecule has 0 spiro atoms. The Balaban J connectivity index is 1.50. The van der Waals surface area contributed by atoms with Crippen molar-refractivity contribution < 1.29 is 35.8 Å². The molecule has 0 saturated heterocycles. The zero-order chi connectivity index (χ0) is 30.9. The van der Waals surface area contributed by atoms with E-state index >= 15 is 4.39 Å². The molecule has 0 aliphatic heterocycles. The van der Waals surface area contributed by atoms with E-state index in [4.69, 9.17) is 25.8 Å². The standard InChI is InChI=1S/C28H27ClF3N5O5S/c1-36-22(6-9-35-36)19-13-28(31,32)14-25(19)42-24-12-21(30)26(11-20(24)29)43(38,39)37(27-7-8-33-16-34-27)15-17-4-5-18(40-2)10-23(17)41-3/h4-12,16,19,25H,13-15H2,1-3H3/t19-,25+/m1/s1. The molecule has 0 bridgehead atoms. The monoisotopic (exact) mass is 637 g/mol. The first kappa shape index (κ1) is 30.4. The Bertz CT molecular complexity index is 1730. The Morgan fingerprint density at radius 1 is 1.07 bits per heavy atom. The van der Waals surface area contributed by atoms with E-state index in [-0.39, 0.29) is 23.1 Å². The summed E-state index contributed by atoms with van der Waals surface area (Å²) >= 11 is 6.41. The molecule has 5 rings (SSSR count). The van der Waals surface area contributed by atoms with E-state index < -0.39 is 51.5 Å².